The highest BCUT2D eigenvalue weighted by atomic mass is 79.9. The van der Waals surface area contributed by atoms with Gasteiger partial charge in [-0.1, -0.05) is 22.9 Å². The normalized spacial score (nSPS) is 18.0. The zero-order chi connectivity index (χ0) is 14.3. The van der Waals surface area contributed by atoms with Crippen molar-refractivity contribution in [2.24, 2.45) is 0 Å². The second-order valence-electron chi connectivity index (χ2n) is 5.31. The molecule has 0 amide bonds. The molecular weight excluding hydrogens is 318 g/mol. The molecule has 0 radical (unpaired) electrons. The Labute approximate surface area is 126 Å². The van der Waals surface area contributed by atoms with Crippen molar-refractivity contribution in [1.82, 2.24) is 4.98 Å². The molecule has 1 aromatic carbocycles. The molecule has 2 aromatic rings. The van der Waals surface area contributed by atoms with Gasteiger partial charge in [-0.2, -0.15) is 0 Å². The summed E-state index contributed by atoms with van der Waals surface area (Å²) in [7, 11) is 0. The third-order valence-electron chi connectivity index (χ3n) is 4.15. The van der Waals surface area contributed by atoms with Gasteiger partial charge in [0.25, 0.3) is 0 Å². The third kappa shape index (κ3) is 2.12. The van der Waals surface area contributed by atoms with Crippen molar-refractivity contribution in [2.75, 3.05) is 0 Å². The van der Waals surface area contributed by atoms with Crippen LogP contribution in [0.25, 0.3) is 10.9 Å². The van der Waals surface area contributed by atoms with E-state index in [0.717, 1.165) is 52.3 Å². The predicted octanol–water partition coefficient (Wildman–Crippen LogP) is 4.53. The van der Waals surface area contributed by atoms with Gasteiger partial charge >= 0.3 is 5.97 Å². The monoisotopic (exact) mass is 333 g/mol. The number of hydrogen-bond donors (Lipinski definition) is 1. The summed E-state index contributed by atoms with van der Waals surface area (Å²) in [4.78, 5) is 16.5. The Hall–Kier alpha value is -1.42. The van der Waals surface area contributed by atoms with Gasteiger partial charge in [-0.3, -0.25) is 4.98 Å². The molecule has 1 atom stereocenters. The van der Waals surface area contributed by atoms with E-state index >= 15 is 0 Å². The fourth-order valence-corrected chi connectivity index (χ4v) is 3.55. The summed E-state index contributed by atoms with van der Waals surface area (Å²) in [6, 6.07) is 5.67. The smallest absolute Gasteiger partial charge is 0.336 e. The lowest BCUT2D eigenvalue weighted by molar-refractivity contribution is 0.0697. The summed E-state index contributed by atoms with van der Waals surface area (Å²) in [6.45, 7) is 2.15. The van der Waals surface area contributed by atoms with E-state index < -0.39 is 5.97 Å². The Morgan fingerprint density at radius 3 is 3.00 bits per heavy atom. The second-order valence-corrected chi connectivity index (χ2v) is 6.23. The number of benzene rings is 1. The highest BCUT2D eigenvalue weighted by molar-refractivity contribution is 9.10. The number of fused-ring (bicyclic) bond motifs is 2. The first kappa shape index (κ1) is 13.6. The van der Waals surface area contributed by atoms with E-state index in [0.29, 0.717) is 11.5 Å². The topological polar surface area (TPSA) is 50.2 Å². The van der Waals surface area contributed by atoms with Gasteiger partial charge in [0.2, 0.25) is 0 Å². The number of aromatic carboxylic acids is 1. The van der Waals surface area contributed by atoms with Gasteiger partial charge in [0, 0.05) is 21.5 Å². The number of carboxylic acid groups (broad SMARTS) is 1. The molecule has 1 aliphatic rings. The van der Waals surface area contributed by atoms with Crippen LogP contribution in [0.5, 0.6) is 0 Å². The number of aromatic nitrogens is 1. The molecule has 0 spiro atoms. The van der Waals surface area contributed by atoms with E-state index in [1.165, 1.54) is 0 Å². The first-order valence-corrected chi connectivity index (χ1v) is 7.76. The number of carboxylic acids is 1. The first-order valence-electron chi connectivity index (χ1n) is 6.97. The second kappa shape index (κ2) is 5.17. The van der Waals surface area contributed by atoms with Crippen molar-refractivity contribution in [3.8, 4) is 0 Å². The minimum atomic E-state index is -0.844. The molecule has 3 rings (SSSR count). The molecule has 0 saturated carbocycles. The van der Waals surface area contributed by atoms with Gasteiger partial charge in [-0.25, -0.2) is 4.79 Å². The molecule has 3 nitrogen and oxygen atoms in total. The average molecular weight is 334 g/mol. The lowest BCUT2D eigenvalue weighted by Gasteiger charge is -2.25. The minimum Gasteiger partial charge on any atom is -0.478 e. The maximum absolute atomic E-state index is 11.8. The Morgan fingerprint density at radius 1 is 1.50 bits per heavy atom. The Morgan fingerprint density at radius 2 is 2.30 bits per heavy atom. The van der Waals surface area contributed by atoms with E-state index in [1.54, 1.807) is 0 Å². The molecule has 0 aliphatic heterocycles. The molecule has 1 unspecified atom stereocenters. The van der Waals surface area contributed by atoms with E-state index in [1.807, 2.05) is 18.2 Å². The van der Waals surface area contributed by atoms with Crippen LogP contribution in [0.1, 0.15) is 53.7 Å². The minimum absolute atomic E-state index is 0.393. The number of rotatable bonds is 2. The van der Waals surface area contributed by atoms with E-state index in [4.69, 9.17) is 4.98 Å². The Kier molecular flexibility index (Phi) is 3.50. The van der Waals surface area contributed by atoms with E-state index in [-0.39, 0.29) is 0 Å². The third-order valence-corrected chi connectivity index (χ3v) is 4.65. The first-order chi connectivity index (χ1) is 9.61. The predicted molar refractivity (Wildman–Crippen MR) is 82.4 cm³/mol. The van der Waals surface area contributed by atoms with Crippen molar-refractivity contribution in [3.05, 3.63) is 39.5 Å². The molecule has 20 heavy (non-hydrogen) atoms. The van der Waals surface area contributed by atoms with Gasteiger partial charge in [0.1, 0.15) is 0 Å². The zero-order valence-corrected chi connectivity index (χ0v) is 12.9. The van der Waals surface area contributed by atoms with Gasteiger partial charge in [0.15, 0.2) is 0 Å². The molecule has 104 valence electrons. The van der Waals surface area contributed by atoms with Crippen LogP contribution in [0, 0.1) is 0 Å². The van der Waals surface area contributed by atoms with Gasteiger partial charge < -0.3 is 5.11 Å². The summed E-state index contributed by atoms with van der Waals surface area (Å²) < 4.78 is 0.886. The van der Waals surface area contributed by atoms with Crippen molar-refractivity contribution in [3.63, 3.8) is 0 Å². The average Bonchev–Trinajstić information content (AvgIpc) is 2.43. The lowest BCUT2D eigenvalue weighted by atomic mass is 9.82. The van der Waals surface area contributed by atoms with Crippen molar-refractivity contribution in [1.29, 1.82) is 0 Å². The van der Waals surface area contributed by atoms with Crippen molar-refractivity contribution < 1.29 is 9.90 Å². The van der Waals surface area contributed by atoms with Crippen LogP contribution in [0.4, 0.5) is 0 Å². The maximum Gasteiger partial charge on any atom is 0.336 e. The summed E-state index contributed by atoms with van der Waals surface area (Å²) in [5, 5.41) is 10.4. The SMILES string of the molecule is CCC1CCCc2c1nc1ccc(Br)cc1c2C(=O)O. The summed E-state index contributed by atoms with van der Waals surface area (Å²) in [5.41, 5.74) is 3.18. The fraction of sp³-hybridized carbons (Fsp3) is 0.375. The molecule has 0 saturated heterocycles. The standard InChI is InChI=1S/C16H16BrNO2/c1-2-9-4-3-5-11-14(16(19)20)12-8-10(17)6-7-13(12)18-15(9)11/h6-9H,2-5H2,1H3,(H,19,20). The number of pyridine rings is 1. The van der Waals surface area contributed by atoms with Crippen molar-refractivity contribution in [2.45, 2.75) is 38.5 Å². The zero-order valence-electron chi connectivity index (χ0n) is 11.3. The molecule has 1 aromatic heterocycles. The maximum atomic E-state index is 11.8. The van der Waals surface area contributed by atoms with Crippen LogP contribution in [0.3, 0.4) is 0 Å². The molecule has 4 heteroatoms. The largest absolute Gasteiger partial charge is 0.478 e. The van der Waals surface area contributed by atoms with Crippen LogP contribution >= 0.6 is 15.9 Å². The number of carbonyl (C=O) groups is 1. The number of nitrogens with zero attached hydrogens (tertiary/aromatic N) is 1. The quantitative estimate of drug-likeness (QED) is 0.878. The van der Waals surface area contributed by atoms with Crippen LogP contribution in [0.2, 0.25) is 0 Å². The van der Waals surface area contributed by atoms with Gasteiger partial charge in [-0.05, 0) is 49.4 Å². The Balaban J connectivity index is 2.38. The molecule has 1 aliphatic carbocycles. The molecule has 0 fully saturated rings. The highest BCUT2D eigenvalue weighted by Gasteiger charge is 2.27. The fourth-order valence-electron chi connectivity index (χ4n) is 3.19. The lowest BCUT2D eigenvalue weighted by Crippen LogP contribution is -2.16. The number of hydrogen-bond acceptors (Lipinski definition) is 2. The van der Waals surface area contributed by atoms with Crippen molar-refractivity contribution >= 4 is 32.8 Å². The summed E-state index contributed by atoms with van der Waals surface area (Å²) in [6.07, 6.45) is 3.99. The van der Waals surface area contributed by atoms with Crippen LogP contribution in [-0.2, 0) is 6.42 Å². The number of halogens is 1. The van der Waals surface area contributed by atoms with E-state index in [9.17, 15) is 9.90 Å². The van der Waals surface area contributed by atoms with Gasteiger partial charge in [-0.15, -0.1) is 0 Å². The van der Waals surface area contributed by atoms with Crippen LogP contribution in [-0.4, -0.2) is 16.1 Å². The molecule has 0 bridgehead atoms. The van der Waals surface area contributed by atoms with Crippen LogP contribution < -0.4 is 0 Å². The summed E-state index contributed by atoms with van der Waals surface area (Å²) in [5.74, 6) is -0.451. The van der Waals surface area contributed by atoms with E-state index in [2.05, 4.69) is 22.9 Å². The highest BCUT2D eigenvalue weighted by Crippen LogP contribution is 2.37. The molecular formula is C16H16BrNO2. The summed E-state index contributed by atoms with van der Waals surface area (Å²) >= 11 is 3.42. The Bertz CT molecular complexity index is 696. The molecule has 1 heterocycles. The van der Waals surface area contributed by atoms with Crippen LogP contribution in [0.15, 0.2) is 22.7 Å². The van der Waals surface area contributed by atoms with Gasteiger partial charge in [0.05, 0.1) is 11.1 Å². The molecule has 1 N–H and O–H groups in total.